The van der Waals surface area contributed by atoms with E-state index in [0.29, 0.717) is 12.8 Å². The predicted molar refractivity (Wildman–Crippen MR) is 163 cm³/mol. The van der Waals surface area contributed by atoms with Gasteiger partial charge in [0.1, 0.15) is 30.2 Å². The molecule has 44 heavy (non-hydrogen) atoms. The maximum Gasteiger partial charge on any atom is 0.186 e. The van der Waals surface area contributed by atoms with Crippen LogP contribution in [0.5, 0.6) is 0 Å². The van der Waals surface area contributed by atoms with Gasteiger partial charge in [-0.2, -0.15) is 0 Å². The van der Waals surface area contributed by atoms with Gasteiger partial charge in [-0.15, -0.1) is 0 Å². The molecule has 5 aliphatic rings. The Labute approximate surface area is 261 Å². The zero-order valence-electron chi connectivity index (χ0n) is 27.5. The number of aliphatic hydroxyl groups excluding tert-OH is 4. The van der Waals surface area contributed by atoms with Crippen LogP contribution in [0.25, 0.3) is 0 Å². The second-order valence-electron chi connectivity index (χ2n) is 16.2. The first-order chi connectivity index (χ1) is 20.3. The molecular formula is C35H54O9. The number of ether oxygens (including phenoxy) is 2. The van der Waals surface area contributed by atoms with Crippen molar-refractivity contribution >= 4 is 11.6 Å². The van der Waals surface area contributed by atoms with Crippen molar-refractivity contribution in [3.63, 3.8) is 0 Å². The third kappa shape index (κ3) is 5.48. The molecule has 1 saturated heterocycles. The fourth-order valence-corrected chi connectivity index (χ4v) is 9.87. The summed E-state index contributed by atoms with van der Waals surface area (Å²) in [4.78, 5) is 26.7. The van der Waals surface area contributed by atoms with Crippen LogP contribution in [-0.2, 0) is 19.1 Å². The lowest BCUT2D eigenvalue weighted by molar-refractivity contribution is -0.296. The number of hydrogen-bond acceptors (Lipinski definition) is 9. The molecule has 5 rings (SSSR count). The zero-order valence-corrected chi connectivity index (χ0v) is 27.5. The van der Waals surface area contributed by atoms with Gasteiger partial charge in [-0.25, -0.2) is 0 Å². The molecule has 2 saturated carbocycles. The second kappa shape index (κ2) is 11.7. The van der Waals surface area contributed by atoms with E-state index in [2.05, 4.69) is 39.8 Å². The Morgan fingerprint density at radius 1 is 1.07 bits per heavy atom. The molecule has 12 atom stereocenters. The van der Waals surface area contributed by atoms with Crippen LogP contribution >= 0.6 is 0 Å². The topological polar surface area (TPSA) is 154 Å². The molecular weight excluding hydrogens is 564 g/mol. The van der Waals surface area contributed by atoms with Crippen molar-refractivity contribution in [1.29, 1.82) is 0 Å². The molecule has 1 heterocycles. The average molecular weight is 619 g/mol. The highest BCUT2D eigenvalue weighted by atomic mass is 16.7. The Kier molecular flexibility index (Phi) is 8.98. The van der Waals surface area contributed by atoms with Gasteiger partial charge in [0.2, 0.25) is 0 Å². The van der Waals surface area contributed by atoms with Crippen LogP contribution < -0.4 is 0 Å². The molecule has 12 unspecified atom stereocenters. The lowest BCUT2D eigenvalue weighted by atomic mass is 9.50. The Morgan fingerprint density at radius 3 is 2.39 bits per heavy atom. The van der Waals surface area contributed by atoms with Gasteiger partial charge in [0.25, 0.3) is 0 Å². The van der Waals surface area contributed by atoms with Crippen LogP contribution in [0, 0.1) is 39.9 Å². The van der Waals surface area contributed by atoms with Crippen LogP contribution in [-0.4, -0.2) is 86.1 Å². The molecule has 0 aromatic rings. The van der Waals surface area contributed by atoms with Crippen molar-refractivity contribution in [2.24, 2.45) is 39.9 Å². The number of fused-ring (bicyclic) bond motifs is 4. The van der Waals surface area contributed by atoms with Gasteiger partial charge in [0, 0.05) is 24.2 Å². The van der Waals surface area contributed by atoms with Crippen molar-refractivity contribution in [1.82, 2.24) is 0 Å². The number of Topliss-reactive ketones (excluding diaryl/α,β-unsaturated/α-hetero) is 2. The molecule has 0 spiro atoms. The summed E-state index contributed by atoms with van der Waals surface area (Å²) < 4.78 is 11.9. The molecule has 0 bridgehead atoms. The highest BCUT2D eigenvalue weighted by molar-refractivity contribution is 5.91. The Balaban J connectivity index is 1.37. The van der Waals surface area contributed by atoms with E-state index in [-0.39, 0.29) is 60.3 Å². The zero-order chi connectivity index (χ0) is 32.6. The minimum atomic E-state index is -1.34. The van der Waals surface area contributed by atoms with Gasteiger partial charge >= 0.3 is 0 Å². The first kappa shape index (κ1) is 33.9. The highest BCUT2D eigenvalue weighted by Crippen LogP contribution is 2.67. The minimum Gasteiger partial charge on any atom is -0.390 e. The standard InChI is InChI=1S/C35H54O9/c1-18(14-21(36)16-32(2,3)42)26-28(39)30(41)35(7)23-10-9-22-19(15-20(23)12-13-34(26,35)6)8-11-25(33(22,4)5)44-31-29(40)27(38)24(37)17-43-31/h12,15,18,22-27,29-31,37-38,40-42H,8-11,13-14,16-17H2,1-7H3. The van der Waals surface area contributed by atoms with Gasteiger partial charge in [-0.05, 0) is 80.1 Å². The van der Waals surface area contributed by atoms with Crippen molar-refractivity contribution in [3.05, 3.63) is 23.3 Å². The Hall–Kier alpha value is -1.46. The largest absolute Gasteiger partial charge is 0.390 e. The third-order valence-corrected chi connectivity index (χ3v) is 12.4. The number of allylic oxidation sites excluding steroid dienone is 4. The summed E-state index contributed by atoms with van der Waals surface area (Å²) >= 11 is 0. The van der Waals surface area contributed by atoms with Crippen LogP contribution in [0.4, 0.5) is 0 Å². The van der Waals surface area contributed by atoms with E-state index >= 15 is 0 Å². The van der Waals surface area contributed by atoms with Crippen molar-refractivity contribution in [2.75, 3.05) is 6.61 Å². The van der Waals surface area contributed by atoms with Gasteiger partial charge in [0.05, 0.1) is 18.3 Å². The molecule has 0 amide bonds. The second-order valence-corrected chi connectivity index (χ2v) is 16.2. The molecule has 9 heteroatoms. The van der Waals surface area contributed by atoms with Gasteiger partial charge in [-0.1, -0.05) is 52.3 Å². The summed E-state index contributed by atoms with van der Waals surface area (Å²) in [5.74, 6) is -0.825. The van der Waals surface area contributed by atoms with E-state index in [1.54, 1.807) is 13.8 Å². The SMILES string of the molecule is CC(CC(=O)CC(C)(C)O)C1C(=O)C(O)C2(C)C3CCC4C(=CC3=CCC12C)CCC(OC1OCC(O)C(O)C1O)C4(C)C. The van der Waals surface area contributed by atoms with Crippen LogP contribution in [0.2, 0.25) is 0 Å². The van der Waals surface area contributed by atoms with E-state index < -0.39 is 53.1 Å². The molecule has 0 radical (unpaired) electrons. The van der Waals surface area contributed by atoms with Crippen molar-refractivity contribution in [2.45, 2.75) is 136 Å². The van der Waals surface area contributed by atoms with E-state index in [1.807, 2.05) is 6.92 Å². The number of carbonyl (C=O) groups is 2. The van der Waals surface area contributed by atoms with Gasteiger partial charge in [-0.3, -0.25) is 9.59 Å². The number of rotatable bonds is 7. The molecule has 3 fully saturated rings. The highest BCUT2D eigenvalue weighted by Gasteiger charge is 2.69. The quantitative estimate of drug-likeness (QED) is 0.289. The lowest BCUT2D eigenvalue weighted by Crippen LogP contribution is -2.56. The van der Waals surface area contributed by atoms with Crippen LogP contribution in [0.1, 0.15) is 93.4 Å². The summed E-state index contributed by atoms with van der Waals surface area (Å²) in [6.07, 6.45) is 2.36. The number of hydrogen-bond donors (Lipinski definition) is 5. The molecule has 0 aromatic heterocycles. The number of carbonyl (C=O) groups excluding carboxylic acids is 2. The fourth-order valence-electron chi connectivity index (χ4n) is 9.87. The average Bonchev–Trinajstić information content (AvgIpc) is 3.03. The van der Waals surface area contributed by atoms with E-state index in [0.717, 1.165) is 19.3 Å². The van der Waals surface area contributed by atoms with Gasteiger partial charge in [0.15, 0.2) is 12.1 Å². The summed E-state index contributed by atoms with van der Waals surface area (Å²) in [6.45, 7) is 13.6. The van der Waals surface area contributed by atoms with E-state index in [1.165, 1.54) is 11.1 Å². The van der Waals surface area contributed by atoms with Crippen molar-refractivity contribution < 1.29 is 44.6 Å². The van der Waals surface area contributed by atoms with Gasteiger partial charge < -0.3 is 35.0 Å². The predicted octanol–water partition coefficient (Wildman–Crippen LogP) is 3.24. The summed E-state index contributed by atoms with van der Waals surface area (Å²) in [5, 5.41) is 52.4. The monoisotopic (exact) mass is 618 g/mol. The molecule has 9 nitrogen and oxygen atoms in total. The Bertz CT molecular complexity index is 1200. The van der Waals surface area contributed by atoms with Crippen LogP contribution in [0.15, 0.2) is 23.3 Å². The molecule has 5 N–H and O–H groups in total. The summed E-state index contributed by atoms with van der Waals surface area (Å²) in [5.41, 5.74) is -0.146. The summed E-state index contributed by atoms with van der Waals surface area (Å²) in [6, 6.07) is 0. The first-order valence-corrected chi connectivity index (χ1v) is 16.5. The fraction of sp³-hybridized carbons (Fsp3) is 0.829. The lowest BCUT2D eigenvalue weighted by Gasteiger charge is -2.53. The molecule has 1 aliphatic heterocycles. The number of aliphatic hydroxyl groups is 5. The summed E-state index contributed by atoms with van der Waals surface area (Å²) in [7, 11) is 0. The third-order valence-electron chi connectivity index (χ3n) is 12.4. The Morgan fingerprint density at radius 2 is 1.73 bits per heavy atom. The van der Waals surface area contributed by atoms with E-state index in [9.17, 15) is 35.1 Å². The molecule has 0 aromatic carbocycles. The number of ketones is 2. The molecule has 4 aliphatic carbocycles. The minimum absolute atomic E-state index is 0.0297. The first-order valence-electron chi connectivity index (χ1n) is 16.5. The smallest absolute Gasteiger partial charge is 0.186 e. The van der Waals surface area contributed by atoms with Crippen molar-refractivity contribution in [3.8, 4) is 0 Å². The normalized spacial score (nSPS) is 44.5. The maximum atomic E-state index is 13.9. The molecule has 248 valence electrons. The van der Waals surface area contributed by atoms with Crippen LogP contribution in [0.3, 0.4) is 0 Å². The van der Waals surface area contributed by atoms with E-state index in [4.69, 9.17) is 9.47 Å². The maximum absolute atomic E-state index is 13.9.